The molecule has 0 unspecified atom stereocenters. The van der Waals surface area contributed by atoms with Crippen LogP contribution in [0.5, 0.6) is 0 Å². The summed E-state index contributed by atoms with van der Waals surface area (Å²) in [6.07, 6.45) is 0. The molecule has 0 spiro atoms. The third-order valence-corrected chi connectivity index (χ3v) is 3.46. The summed E-state index contributed by atoms with van der Waals surface area (Å²) in [5.41, 5.74) is 0.596. The molecule has 98 valence electrons. The van der Waals surface area contributed by atoms with Gasteiger partial charge in [-0.15, -0.1) is 0 Å². The molecule has 0 saturated carbocycles. The molecule has 0 aromatic heterocycles. The summed E-state index contributed by atoms with van der Waals surface area (Å²) in [5, 5.41) is 3.29. The van der Waals surface area contributed by atoms with Gasteiger partial charge in [-0.2, -0.15) is 0 Å². The molecule has 1 aromatic rings. The maximum Gasteiger partial charge on any atom is 0.338 e. The Kier molecular flexibility index (Phi) is 5.16. The molecule has 0 aliphatic carbocycles. The highest BCUT2D eigenvalue weighted by molar-refractivity contribution is 9.10. The van der Waals surface area contributed by atoms with Crippen LogP contribution in [0.3, 0.4) is 0 Å². The quantitative estimate of drug-likeness (QED) is 0.856. The fourth-order valence-electron chi connectivity index (χ4n) is 1.87. The molecule has 1 heterocycles. The Bertz CT molecular complexity index is 388. The normalized spacial score (nSPS) is 16.5. The smallest absolute Gasteiger partial charge is 0.338 e. The molecule has 1 aliphatic heterocycles. The number of nitrogens with zero attached hydrogens (tertiary/aromatic N) is 1. The number of carbonyl (C=O) groups excluding carboxylic acids is 1. The number of hydrogen-bond acceptors (Lipinski definition) is 4. The van der Waals surface area contributed by atoms with Crippen molar-refractivity contribution in [2.45, 2.75) is 0 Å². The van der Waals surface area contributed by atoms with Gasteiger partial charge in [0.1, 0.15) is 6.61 Å². The number of benzene rings is 1. The highest BCUT2D eigenvalue weighted by Gasteiger charge is 2.11. The molecule has 18 heavy (non-hydrogen) atoms. The summed E-state index contributed by atoms with van der Waals surface area (Å²) in [6.45, 7) is 5.34. The summed E-state index contributed by atoms with van der Waals surface area (Å²) in [5.74, 6) is -0.252. The second kappa shape index (κ2) is 6.87. The number of piperazine rings is 1. The summed E-state index contributed by atoms with van der Waals surface area (Å²) < 4.78 is 6.21. The second-order valence-corrected chi connectivity index (χ2v) is 5.15. The van der Waals surface area contributed by atoms with E-state index in [2.05, 4.69) is 26.1 Å². The molecule has 1 fully saturated rings. The minimum Gasteiger partial charge on any atom is -0.461 e. The molecule has 4 nitrogen and oxygen atoms in total. The van der Waals surface area contributed by atoms with Gasteiger partial charge >= 0.3 is 5.97 Å². The minimum absolute atomic E-state index is 0.252. The van der Waals surface area contributed by atoms with Crippen LogP contribution in [0.4, 0.5) is 0 Å². The topological polar surface area (TPSA) is 41.6 Å². The Hall–Kier alpha value is -0.910. The Balaban J connectivity index is 1.72. The molecular formula is C13H17BrN2O2. The van der Waals surface area contributed by atoms with E-state index in [1.54, 1.807) is 12.1 Å². The van der Waals surface area contributed by atoms with Gasteiger partial charge in [-0.1, -0.05) is 15.9 Å². The lowest BCUT2D eigenvalue weighted by Crippen LogP contribution is -2.44. The number of esters is 1. The van der Waals surface area contributed by atoms with E-state index in [0.29, 0.717) is 12.2 Å². The van der Waals surface area contributed by atoms with Crippen molar-refractivity contribution >= 4 is 21.9 Å². The van der Waals surface area contributed by atoms with E-state index < -0.39 is 0 Å². The zero-order valence-corrected chi connectivity index (χ0v) is 11.8. The first-order valence-corrected chi connectivity index (χ1v) is 6.91. The van der Waals surface area contributed by atoms with E-state index in [-0.39, 0.29) is 5.97 Å². The standard InChI is InChI=1S/C13H17BrN2O2/c14-12-3-1-11(2-4-12)13(17)18-10-9-16-7-5-15-6-8-16/h1-4,15H,5-10H2. The van der Waals surface area contributed by atoms with E-state index in [1.165, 1.54) is 0 Å². The average Bonchev–Trinajstić information content (AvgIpc) is 2.40. The highest BCUT2D eigenvalue weighted by Crippen LogP contribution is 2.11. The van der Waals surface area contributed by atoms with Crippen molar-refractivity contribution in [3.63, 3.8) is 0 Å². The van der Waals surface area contributed by atoms with Gasteiger partial charge in [-0.3, -0.25) is 4.90 Å². The van der Waals surface area contributed by atoms with Crippen LogP contribution in [0.25, 0.3) is 0 Å². The van der Waals surface area contributed by atoms with Crippen LogP contribution in [-0.4, -0.2) is 50.2 Å². The largest absolute Gasteiger partial charge is 0.461 e. The van der Waals surface area contributed by atoms with E-state index >= 15 is 0 Å². The van der Waals surface area contributed by atoms with Gasteiger partial charge in [0.15, 0.2) is 0 Å². The molecule has 0 atom stereocenters. The molecule has 2 rings (SSSR count). The molecule has 5 heteroatoms. The maximum atomic E-state index is 11.7. The zero-order chi connectivity index (χ0) is 12.8. The molecule has 1 aromatic carbocycles. The van der Waals surface area contributed by atoms with Gasteiger partial charge in [-0.25, -0.2) is 4.79 Å². The van der Waals surface area contributed by atoms with Crippen LogP contribution in [-0.2, 0) is 4.74 Å². The Morgan fingerprint density at radius 2 is 1.94 bits per heavy atom. The number of carbonyl (C=O) groups is 1. The Morgan fingerprint density at radius 1 is 1.28 bits per heavy atom. The SMILES string of the molecule is O=C(OCCN1CCNCC1)c1ccc(Br)cc1. The molecule has 0 radical (unpaired) electrons. The lowest BCUT2D eigenvalue weighted by atomic mass is 10.2. The van der Waals surface area contributed by atoms with Gasteiger partial charge < -0.3 is 10.1 Å². The predicted octanol–water partition coefficient (Wildman–Crippen LogP) is 1.51. The van der Waals surface area contributed by atoms with Crippen molar-refractivity contribution in [2.75, 3.05) is 39.3 Å². The Morgan fingerprint density at radius 3 is 2.61 bits per heavy atom. The van der Waals surface area contributed by atoms with Crippen LogP contribution in [0.2, 0.25) is 0 Å². The number of halogens is 1. The van der Waals surface area contributed by atoms with Crippen molar-refractivity contribution in [3.8, 4) is 0 Å². The van der Waals surface area contributed by atoms with E-state index in [9.17, 15) is 4.79 Å². The first-order valence-electron chi connectivity index (χ1n) is 6.11. The fraction of sp³-hybridized carbons (Fsp3) is 0.462. The molecule has 0 amide bonds. The Labute approximate surface area is 115 Å². The van der Waals surface area contributed by atoms with Gasteiger partial charge in [0.25, 0.3) is 0 Å². The van der Waals surface area contributed by atoms with Gasteiger partial charge in [0.05, 0.1) is 5.56 Å². The third kappa shape index (κ3) is 4.08. The number of ether oxygens (including phenoxy) is 1. The van der Waals surface area contributed by atoms with E-state index in [1.807, 2.05) is 12.1 Å². The number of hydrogen-bond donors (Lipinski definition) is 1. The second-order valence-electron chi connectivity index (χ2n) is 4.23. The monoisotopic (exact) mass is 312 g/mol. The highest BCUT2D eigenvalue weighted by atomic mass is 79.9. The maximum absolute atomic E-state index is 11.7. The lowest BCUT2D eigenvalue weighted by Gasteiger charge is -2.26. The van der Waals surface area contributed by atoms with Gasteiger partial charge in [-0.05, 0) is 24.3 Å². The summed E-state index contributed by atoms with van der Waals surface area (Å²) in [7, 11) is 0. The molecular weight excluding hydrogens is 296 g/mol. The summed E-state index contributed by atoms with van der Waals surface area (Å²) in [6, 6.07) is 7.20. The van der Waals surface area contributed by atoms with Crippen LogP contribution < -0.4 is 5.32 Å². The van der Waals surface area contributed by atoms with Crippen molar-refractivity contribution in [3.05, 3.63) is 34.3 Å². The molecule has 0 bridgehead atoms. The molecule has 1 saturated heterocycles. The van der Waals surface area contributed by atoms with Crippen molar-refractivity contribution in [2.24, 2.45) is 0 Å². The lowest BCUT2D eigenvalue weighted by molar-refractivity contribution is 0.0456. The minimum atomic E-state index is -0.252. The predicted molar refractivity (Wildman–Crippen MR) is 73.7 cm³/mol. The van der Waals surface area contributed by atoms with Crippen LogP contribution in [0, 0.1) is 0 Å². The van der Waals surface area contributed by atoms with E-state index in [4.69, 9.17) is 4.74 Å². The van der Waals surface area contributed by atoms with Crippen LogP contribution in [0.15, 0.2) is 28.7 Å². The first-order chi connectivity index (χ1) is 8.75. The molecule has 1 N–H and O–H groups in total. The zero-order valence-electron chi connectivity index (χ0n) is 10.2. The summed E-state index contributed by atoms with van der Waals surface area (Å²) in [4.78, 5) is 14.0. The first kappa shape index (κ1) is 13.5. The van der Waals surface area contributed by atoms with Gasteiger partial charge in [0, 0.05) is 37.2 Å². The molecule has 1 aliphatic rings. The van der Waals surface area contributed by atoms with Crippen molar-refractivity contribution in [1.82, 2.24) is 10.2 Å². The fourth-order valence-corrected chi connectivity index (χ4v) is 2.14. The van der Waals surface area contributed by atoms with Crippen LogP contribution in [0.1, 0.15) is 10.4 Å². The van der Waals surface area contributed by atoms with E-state index in [0.717, 1.165) is 37.2 Å². The van der Waals surface area contributed by atoms with Crippen molar-refractivity contribution in [1.29, 1.82) is 0 Å². The third-order valence-electron chi connectivity index (χ3n) is 2.93. The van der Waals surface area contributed by atoms with Crippen molar-refractivity contribution < 1.29 is 9.53 Å². The van der Waals surface area contributed by atoms with Crippen LogP contribution >= 0.6 is 15.9 Å². The number of nitrogens with one attached hydrogen (secondary N) is 1. The van der Waals surface area contributed by atoms with Gasteiger partial charge in [0.2, 0.25) is 0 Å². The number of rotatable bonds is 4. The summed E-state index contributed by atoms with van der Waals surface area (Å²) >= 11 is 3.33. The average molecular weight is 313 g/mol.